The highest BCUT2D eigenvalue weighted by molar-refractivity contribution is 5.92. The molecule has 3 N–H and O–H groups in total. The second-order valence-corrected chi connectivity index (χ2v) is 7.66. The number of hydrogen-bond acceptors (Lipinski definition) is 5. The fourth-order valence-electron chi connectivity index (χ4n) is 3.49. The van der Waals surface area contributed by atoms with E-state index < -0.39 is 0 Å². The zero-order valence-electron chi connectivity index (χ0n) is 18.2. The summed E-state index contributed by atoms with van der Waals surface area (Å²) in [6.07, 6.45) is 5.46. The zero-order valence-corrected chi connectivity index (χ0v) is 18.2. The number of anilines is 2. The molecule has 32 heavy (non-hydrogen) atoms. The van der Waals surface area contributed by atoms with Gasteiger partial charge in [0.1, 0.15) is 5.82 Å². The number of nitrogens with zero attached hydrogens (tertiary/aromatic N) is 3. The van der Waals surface area contributed by atoms with Crippen molar-refractivity contribution in [3.05, 3.63) is 89.6 Å². The van der Waals surface area contributed by atoms with E-state index >= 15 is 0 Å². The monoisotopic (exact) mass is 427 g/mol. The summed E-state index contributed by atoms with van der Waals surface area (Å²) in [7, 11) is 0. The lowest BCUT2D eigenvalue weighted by Crippen LogP contribution is -2.19. The lowest BCUT2D eigenvalue weighted by molar-refractivity contribution is -0.115. The number of carbonyl (C=O) groups is 1. The summed E-state index contributed by atoms with van der Waals surface area (Å²) in [5.74, 6) is 0.977. The lowest BCUT2D eigenvalue weighted by Gasteiger charge is -2.16. The van der Waals surface area contributed by atoms with Crippen molar-refractivity contribution in [2.24, 2.45) is 5.73 Å². The van der Waals surface area contributed by atoms with Crippen LogP contribution in [0, 0.1) is 11.3 Å². The van der Waals surface area contributed by atoms with E-state index in [0.29, 0.717) is 18.5 Å². The molecule has 0 aliphatic carbocycles. The van der Waals surface area contributed by atoms with E-state index in [4.69, 9.17) is 11.0 Å². The smallest absolute Gasteiger partial charge is 0.228 e. The Kier molecular flexibility index (Phi) is 8.79. The van der Waals surface area contributed by atoms with Crippen LogP contribution in [0.15, 0.2) is 72.9 Å². The Labute approximate surface area is 189 Å². The van der Waals surface area contributed by atoms with Crippen LogP contribution < -0.4 is 16.0 Å². The molecule has 6 heteroatoms. The van der Waals surface area contributed by atoms with Gasteiger partial charge in [-0.05, 0) is 61.2 Å². The fourth-order valence-corrected chi connectivity index (χ4v) is 3.49. The highest BCUT2D eigenvalue weighted by Crippen LogP contribution is 2.19. The van der Waals surface area contributed by atoms with Crippen LogP contribution in [-0.4, -0.2) is 30.5 Å². The van der Waals surface area contributed by atoms with Crippen LogP contribution >= 0.6 is 0 Å². The van der Waals surface area contributed by atoms with Crippen molar-refractivity contribution in [2.45, 2.75) is 25.7 Å². The molecule has 1 aromatic heterocycles. The minimum absolute atomic E-state index is 0.0167. The minimum Gasteiger partial charge on any atom is -0.357 e. The molecule has 2 aromatic carbocycles. The van der Waals surface area contributed by atoms with E-state index in [-0.39, 0.29) is 5.91 Å². The van der Waals surface area contributed by atoms with Crippen molar-refractivity contribution in [1.29, 1.82) is 5.26 Å². The average molecular weight is 428 g/mol. The van der Waals surface area contributed by atoms with Gasteiger partial charge in [-0.1, -0.05) is 42.5 Å². The topological polar surface area (TPSA) is 95.0 Å². The maximum atomic E-state index is 12.0. The number of benzene rings is 2. The number of nitrogens with one attached hydrogen (secondary N) is 1. The van der Waals surface area contributed by atoms with Crippen LogP contribution in [0.4, 0.5) is 11.5 Å². The molecule has 6 nitrogen and oxygen atoms in total. The molecule has 1 aliphatic heterocycles. The van der Waals surface area contributed by atoms with Crippen molar-refractivity contribution in [3.63, 3.8) is 0 Å². The number of pyridine rings is 1. The third-order valence-corrected chi connectivity index (χ3v) is 5.19. The Morgan fingerprint density at radius 2 is 1.72 bits per heavy atom. The Bertz CT molecular complexity index is 1000. The van der Waals surface area contributed by atoms with Gasteiger partial charge in [-0.15, -0.1) is 0 Å². The van der Waals surface area contributed by atoms with Gasteiger partial charge in [0.05, 0.1) is 29.9 Å². The molecule has 4 rings (SSSR count). The Morgan fingerprint density at radius 3 is 2.31 bits per heavy atom. The van der Waals surface area contributed by atoms with Crippen LogP contribution in [0.25, 0.3) is 0 Å². The summed E-state index contributed by atoms with van der Waals surface area (Å²) >= 11 is 0. The van der Waals surface area contributed by atoms with Crippen molar-refractivity contribution in [2.75, 3.05) is 29.9 Å². The second-order valence-electron chi connectivity index (χ2n) is 7.66. The van der Waals surface area contributed by atoms with Crippen LogP contribution in [0.1, 0.15) is 29.5 Å². The molecule has 0 spiro atoms. The number of amides is 1. The Balaban J connectivity index is 0.000000222. The van der Waals surface area contributed by atoms with Gasteiger partial charge in [-0.3, -0.25) is 4.79 Å². The first kappa shape index (κ1) is 23.0. The van der Waals surface area contributed by atoms with Crippen LogP contribution in [-0.2, 0) is 17.6 Å². The third kappa shape index (κ3) is 7.22. The van der Waals surface area contributed by atoms with Crippen molar-refractivity contribution >= 4 is 17.4 Å². The van der Waals surface area contributed by atoms with Gasteiger partial charge in [0, 0.05) is 13.1 Å². The van der Waals surface area contributed by atoms with E-state index in [1.807, 2.05) is 66.7 Å². The molecule has 2 heterocycles. The molecule has 1 amide bonds. The molecule has 0 unspecified atom stereocenters. The van der Waals surface area contributed by atoms with E-state index in [1.54, 1.807) is 6.20 Å². The van der Waals surface area contributed by atoms with Crippen LogP contribution in [0.5, 0.6) is 0 Å². The summed E-state index contributed by atoms with van der Waals surface area (Å²) < 4.78 is 0. The van der Waals surface area contributed by atoms with E-state index in [0.717, 1.165) is 36.6 Å². The maximum Gasteiger partial charge on any atom is 0.228 e. The number of carbonyl (C=O) groups excluding carboxylic acids is 1. The van der Waals surface area contributed by atoms with Gasteiger partial charge in [0.15, 0.2) is 0 Å². The zero-order chi connectivity index (χ0) is 22.6. The van der Waals surface area contributed by atoms with Crippen LogP contribution in [0.3, 0.4) is 0 Å². The molecule has 3 aromatic rings. The number of nitriles is 1. The third-order valence-electron chi connectivity index (χ3n) is 5.19. The largest absolute Gasteiger partial charge is 0.357 e. The Hall–Kier alpha value is -3.69. The van der Waals surface area contributed by atoms with Gasteiger partial charge in [-0.25, -0.2) is 4.98 Å². The Morgan fingerprint density at radius 1 is 1.00 bits per heavy atom. The molecular weight excluding hydrogens is 398 g/mol. The van der Waals surface area contributed by atoms with E-state index in [1.165, 1.54) is 18.4 Å². The number of nitrogens with two attached hydrogens (primary N) is 1. The quantitative estimate of drug-likeness (QED) is 0.622. The molecule has 0 radical (unpaired) electrons. The summed E-state index contributed by atoms with van der Waals surface area (Å²) in [5, 5.41) is 11.4. The lowest BCUT2D eigenvalue weighted by atomic mass is 10.1. The second kappa shape index (κ2) is 12.2. The first-order valence-corrected chi connectivity index (χ1v) is 10.9. The van der Waals surface area contributed by atoms with Gasteiger partial charge in [0.25, 0.3) is 0 Å². The predicted octanol–water partition coefficient (Wildman–Crippen LogP) is 3.92. The molecule has 164 valence electrons. The minimum atomic E-state index is -0.0167. The predicted molar refractivity (Wildman–Crippen MR) is 128 cm³/mol. The summed E-state index contributed by atoms with van der Waals surface area (Å²) in [6.45, 7) is 2.81. The van der Waals surface area contributed by atoms with E-state index in [9.17, 15) is 4.79 Å². The summed E-state index contributed by atoms with van der Waals surface area (Å²) in [6, 6.07) is 23.2. The SMILES string of the molecule is N#Cc1ccc(CCN)cc1.O=C(Cc1ccccc1)Nc1ccc(N2CCCC2)nc1. The van der Waals surface area contributed by atoms with Crippen molar-refractivity contribution in [3.8, 4) is 6.07 Å². The summed E-state index contributed by atoms with van der Waals surface area (Å²) in [5.41, 5.74) is 9.01. The normalized spacial score (nSPS) is 12.4. The number of hydrogen-bond donors (Lipinski definition) is 2. The highest BCUT2D eigenvalue weighted by atomic mass is 16.1. The average Bonchev–Trinajstić information content (AvgIpc) is 3.36. The highest BCUT2D eigenvalue weighted by Gasteiger charge is 2.13. The molecule has 1 fully saturated rings. The van der Waals surface area contributed by atoms with Crippen molar-refractivity contribution in [1.82, 2.24) is 4.98 Å². The van der Waals surface area contributed by atoms with Gasteiger partial charge in [-0.2, -0.15) is 5.26 Å². The molecule has 0 atom stereocenters. The van der Waals surface area contributed by atoms with E-state index in [2.05, 4.69) is 21.3 Å². The van der Waals surface area contributed by atoms with Crippen molar-refractivity contribution < 1.29 is 4.79 Å². The maximum absolute atomic E-state index is 12.0. The first-order chi connectivity index (χ1) is 15.7. The fraction of sp³-hybridized carbons (Fsp3) is 0.269. The molecule has 0 bridgehead atoms. The molecule has 0 saturated carbocycles. The van der Waals surface area contributed by atoms with Gasteiger partial charge < -0.3 is 16.0 Å². The summed E-state index contributed by atoms with van der Waals surface area (Å²) in [4.78, 5) is 18.7. The molecule has 1 saturated heterocycles. The standard InChI is InChI=1S/C17H19N3O.C9H10N2/c21-17(12-14-6-2-1-3-7-14)19-15-8-9-16(18-13-15)20-10-4-5-11-20;10-6-5-8-1-3-9(7-11)4-2-8/h1-3,6-9,13H,4-5,10-12H2,(H,19,21);1-4H,5-6,10H2. The van der Waals surface area contributed by atoms with Crippen LogP contribution in [0.2, 0.25) is 0 Å². The molecular formula is C26H29N5O. The number of aromatic nitrogens is 1. The van der Waals surface area contributed by atoms with Gasteiger partial charge >= 0.3 is 0 Å². The number of rotatable bonds is 6. The first-order valence-electron chi connectivity index (χ1n) is 10.9. The molecule has 1 aliphatic rings. The van der Waals surface area contributed by atoms with Gasteiger partial charge in [0.2, 0.25) is 5.91 Å².